The Kier molecular flexibility index (Phi) is 4.26. The fourth-order valence-electron chi connectivity index (χ4n) is 3.03. The van der Waals surface area contributed by atoms with Gasteiger partial charge < -0.3 is 9.47 Å². The molecule has 1 fully saturated rings. The van der Waals surface area contributed by atoms with Gasteiger partial charge in [-0.1, -0.05) is 0 Å². The molecule has 1 aromatic heterocycles. The zero-order valence-electron chi connectivity index (χ0n) is 12.1. The molecule has 1 atom stereocenters. The van der Waals surface area contributed by atoms with Gasteiger partial charge >= 0.3 is 0 Å². The molecule has 2 aromatic rings. The van der Waals surface area contributed by atoms with Gasteiger partial charge in [0.2, 0.25) is 0 Å². The monoisotopic (exact) mass is 373 g/mol. The van der Waals surface area contributed by atoms with Crippen LogP contribution in [0.5, 0.6) is 0 Å². The fourth-order valence-corrected chi connectivity index (χ4v) is 3.51. The molecule has 21 heavy (non-hydrogen) atoms. The summed E-state index contributed by atoms with van der Waals surface area (Å²) in [6.45, 7) is 4.00. The van der Waals surface area contributed by atoms with Crippen molar-refractivity contribution in [2.45, 2.75) is 31.2 Å². The van der Waals surface area contributed by atoms with E-state index in [4.69, 9.17) is 11.6 Å². The van der Waals surface area contributed by atoms with Crippen LogP contribution in [0, 0.1) is 5.82 Å². The van der Waals surface area contributed by atoms with Crippen LogP contribution in [-0.2, 0) is 0 Å². The lowest BCUT2D eigenvalue weighted by Gasteiger charge is -2.31. The number of aromatic nitrogens is 2. The van der Waals surface area contributed by atoms with Gasteiger partial charge in [-0.3, -0.25) is 0 Å². The third kappa shape index (κ3) is 2.83. The Bertz CT molecular complexity index is 662. The van der Waals surface area contributed by atoms with Gasteiger partial charge in [-0.2, -0.15) is 0 Å². The van der Waals surface area contributed by atoms with Crippen LogP contribution >= 0.6 is 27.5 Å². The standard InChI is InChI=1S/C15H18BrClFN3/c1-9(17)15-19-13-7-11(16)12(18)8-14(13)21(15)10-3-5-20(2)6-4-10/h7-10H,3-6H2,1-2H3. The van der Waals surface area contributed by atoms with Crippen molar-refractivity contribution in [3.63, 3.8) is 0 Å². The van der Waals surface area contributed by atoms with E-state index in [0.29, 0.717) is 10.5 Å². The minimum atomic E-state index is -0.259. The largest absolute Gasteiger partial charge is 0.323 e. The lowest BCUT2D eigenvalue weighted by molar-refractivity contribution is 0.221. The van der Waals surface area contributed by atoms with Crippen molar-refractivity contribution in [3.05, 3.63) is 28.2 Å². The molecular weight excluding hydrogens is 357 g/mol. The summed E-state index contributed by atoms with van der Waals surface area (Å²) in [6, 6.07) is 3.63. The number of nitrogens with zero attached hydrogens (tertiary/aromatic N) is 3. The maximum Gasteiger partial charge on any atom is 0.139 e. The van der Waals surface area contributed by atoms with Crippen molar-refractivity contribution in [3.8, 4) is 0 Å². The zero-order valence-corrected chi connectivity index (χ0v) is 14.5. The smallest absolute Gasteiger partial charge is 0.139 e. The zero-order chi connectivity index (χ0) is 15.1. The molecule has 114 valence electrons. The first-order chi connectivity index (χ1) is 9.97. The van der Waals surface area contributed by atoms with Crippen LogP contribution in [0.2, 0.25) is 0 Å². The summed E-state index contributed by atoms with van der Waals surface area (Å²) in [6.07, 6.45) is 2.08. The molecule has 0 radical (unpaired) electrons. The molecule has 0 saturated carbocycles. The van der Waals surface area contributed by atoms with E-state index in [9.17, 15) is 4.39 Å². The Balaban J connectivity index is 2.14. The van der Waals surface area contributed by atoms with Gasteiger partial charge in [-0.25, -0.2) is 9.37 Å². The summed E-state index contributed by atoms with van der Waals surface area (Å²) < 4.78 is 16.5. The lowest BCUT2D eigenvalue weighted by atomic mass is 10.0. The number of rotatable bonds is 2. The predicted molar refractivity (Wildman–Crippen MR) is 87.4 cm³/mol. The molecule has 6 heteroatoms. The van der Waals surface area contributed by atoms with Crippen LogP contribution in [0.1, 0.15) is 37.0 Å². The van der Waals surface area contributed by atoms with Gasteiger partial charge in [0.15, 0.2) is 0 Å². The number of hydrogen-bond acceptors (Lipinski definition) is 2. The van der Waals surface area contributed by atoms with E-state index in [0.717, 1.165) is 42.8 Å². The van der Waals surface area contributed by atoms with E-state index in [-0.39, 0.29) is 11.2 Å². The summed E-state index contributed by atoms with van der Waals surface area (Å²) in [5.41, 5.74) is 1.64. The van der Waals surface area contributed by atoms with Crippen molar-refractivity contribution in [1.82, 2.24) is 14.5 Å². The molecule has 1 saturated heterocycles. The number of imidazole rings is 1. The summed E-state index contributed by atoms with van der Waals surface area (Å²) in [7, 11) is 2.13. The molecule has 1 unspecified atom stereocenters. The predicted octanol–water partition coefficient (Wildman–Crippen LogP) is 4.50. The molecule has 0 N–H and O–H groups in total. The number of hydrogen-bond donors (Lipinski definition) is 0. The lowest BCUT2D eigenvalue weighted by Crippen LogP contribution is -2.32. The Labute approximate surface area is 137 Å². The number of fused-ring (bicyclic) bond motifs is 1. The molecule has 3 rings (SSSR count). The third-order valence-electron chi connectivity index (χ3n) is 4.17. The topological polar surface area (TPSA) is 21.1 Å². The second-order valence-corrected chi connectivity index (χ2v) is 7.25. The molecule has 0 amide bonds. The average molecular weight is 375 g/mol. The average Bonchev–Trinajstić information content (AvgIpc) is 2.79. The first kappa shape index (κ1) is 15.3. The van der Waals surface area contributed by atoms with Crippen LogP contribution in [0.3, 0.4) is 0 Å². The van der Waals surface area contributed by atoms with E-state index in [1.54, 1.807) is 12.1 Å². The van der Waals surface area contributed by atoms with Gasteiger partial charge in [0.25, 0.3) is 0 Å². The van der Waals surface area contributed by atoms with Crippen molar-refractivity contribution in [2.75, 3.05) is 20.1 Å². The molecule has 0 spiro atoms. The highest BCUT2D eigenvalue weighted by Gasteiger charge is 2.25. The first-order valence-electron chi connectivity index (χ1n) is 7.17. The van der Waals surface area contributed by atoms with Crippen molar-refractivity contribution in [2.24, 2.45) is 0 Å². The maximum atomic E-state index is 13.9. The van der Waals surface area contributed by atoms with Gasteiger partial charge in [0.05, 0.1) is 20.9 Å². The van der Waals surface area contributed by atoms with Gasteiger partial charge in [0.1, 0.15) is 11.6 Å². The Hall–Kier alpha value is -0.650. The first-order valence-corrected chi connectivity index (χ1v) is 8.40. The summed E-state index contributed by atoms with van der Waals surface area (Å²) in [4.78, 5) is 6.95. The van der Waals surface area contributed by atoms with Crippen LogP contribution in [-0.4, -0.2) is 34.6 Å². The minimum Gasteiger partial charge on any atom is -0.323 e. The number of likely N-dealkylation sites (tertiary alicyclic amines) is 1. The van der Waals surface area contributed by atoms with E-state index >= 15 is 0 Å². The molecule has 3 nitrogen and oxygen atoms in total. The number of benzene rings is 1. The molecule has 1 aromatic carbocycles. The Morgan fingerprint density at radius 1 is 1.38 bits per heavy atom. The molecule has 2 heterocycles. The minimum absolute atomic E-state index is 0.195. The molecular formula is C15H18BrClFN3. The van der Waals surface area contributed by atoms with E-state index in [1.165, 1.54) is 0 Å². The summed E-state index contributed by atoms with van der Waals surface area (Å²) in [5.74, 6) is 0.573. The van der Waals surface area contributed by atoms with Crippen LogP contribution in [0.25, 0.3) is 11.0 Å². The van der Waals surface area contributed by atoms with Gasteiger partial charge in [-0.05, 0) is 61.9 Å². The highest BCUT2D eigenvalue weighted by atomic mass is 79.9. The summed E-state index contributed by atoms with van der Waals surface area (Å²) in [5, 5.41) is -0.195. The molecule has 0 bridgehead atoms. The molecule has 1 aliphatic rings. The normalized spacial score (nSPS) is 19.3. The van der Waals surface area contributed by atoms with Crippen LogP contribution < -0.4 is 0 Å². The molecule has 1 aliphatic heterocycles. The van der Waals surface area contributed by atoms with E-state index in [2.05, 4.69) is 37.4 Å². The van der Waals surface area contributed by atoms with Crippen molar-refractivity contribution in [1.29, 1.82) is 0 Å². The number of alkyl halides is 1. The quantitative estimate of drug-likeness (QED) is 0.721. The SMILES string of the molecule is CC(Cl)c1nc2cc(Br)c(F)cc2n1C1CCN(C)CC1. The van der Waals surface area contributed by atoms with E-state index < -0.39 is 0 Å². The summed E-state index contributed by atoms with van der Waals surface area (Å²) >= 11 is 9.54. The Morgan fingerprint density at radius 3 is 2.67 bits per heavy atom. The van der Waals surface area contributed by atoms with Crippen LogP contribution in [0.15, 0.2) is 16.6 Å². The molecule has 0 aliphatic carbocycles. The van der Waals surface area contributed by atoms with Crippen molar-refractivity contribution >= 4 is 38.6 Å². The highest BCUT2D eigenvalue weighted by Crippen LogP contribution is 2.34. The third-order valence-corrected chi connectivity index (χ3v) is 4.97. The maximum absolute atomic E-state index is 13.9. The van der Waals surface area contributed by atoms with E-state index in [1.807, 2.05) is 6.92 Å². The van der Waals surface area contributed by atoms with Crippen LogP contribution in [0.4, 0.5) is 4.39 Å². The fraction of sp³-hybridized carbons (Fsp3) is 0.533. The number of halogens is 3. The second-order valence-electron chi connectivity index (χ2n) is 5.75. The van der Waals surface area contributed by atoms with Gasteiger partial charge in [0, 0.05) is 12.1 Å². The van der Waals surface area contributed by atoms with Crippen molar-refractivity contribution < 1.29 is 4.39 Å². The van der Waals surface area contributed by atoms with Gasteiger partial charge in [-0.15, -0.1) is 11.6 Å². The highest BCUT2D eigenvalue weighted by molar-refractivity contribution is 9.10. The number of piperidine rings is 1. The second kappa shape index (κ2) is 5.86. The Morgan fingerprint density at radius 2 is 2.05 bits per heavy atom.